The molecule has 18 heavy (non-hydrogen) atoms. The van der Waals surface area contributed by atoms with Crippen molar-refractivity contribution in [2.45, 2.75) is 39.3 Å². The zero-order valence-corrected chi connectivity index (χ0v) is 10.9. The van der Waals surface area contributed by atoms with Crippen LogP contribution >= 0.6 is 0 Å². The van der Waals surface area contributed by atoms with Crippen LogP contribution in [0.15, 0.2) is 5.16 Å². The summed E-state index contributed by atoms with van der Waals surface area (Å²) >= 11 is 0. The van der Waals surface area contributed by atoms with Crippen LogP contribution in [0.3, 0.4) is 0 Å². The topological polar surface area (TPSA) is 61.8 Å². The molecule has 0 amide bonds. The van der Waals surface area contributed by atoms with Gasteiger partial charge in [0.25, 0.3) is 0 Å². The van der Waals surface area contributed by atoms with Gasteiger partial charge in [-0.15, -0.1) is 0 Å². The lowest BCUT2D eigenvalue weighted by Crippen LogP contribution is -2.32. The van der Waals surface area contributed by atoms with Gasteiger partial charge in [-0.2, -0.15) is 13.2 Å². The summed E-state index contributed by atoms with van der Waals surface area (Å²) < 4.78 is 36.1. The summed E-state index contributed by atoms with van der Waals surface area (Å²) in [6.07, 6.45) is -4.44. The molecule has 0 saturated heterocycles. The Morgan fingerprint density at radius 3 is 2.39 bits per heavy atom. The van der Waals surface area contributed by atoms with Crippen LogP contribution in [-0.4, -0.2) is 41.8 Å². The van der Waals surface area contributed by atoms with Gasteiger partial charge in [0, 0.05) is 25.9 Å². The molecule has 0 radical (unpaired) electrons. The average Bonchev–Trinajstić information content (AvgIpc) is 2.22. The monoisotopic (exact) mass is 269 g/mol. The number of halogens is 3. The van der Waals surface area contributed by atoms with E-state index in [0.717, 1.165) is 0 Å². The quantitative estimate of drug-likeness (QED) is 0.308. The third-order valence-corrected chi connectivity index (χ3v) is 2.37. The van der Waals surface area contributed by atoms with E-state index in [1.807, 2.05) is 18.7 Å². The lowest BCUT2D eigenvalue weighted by molar-refractivity contribution is -0.136. The van der Waals surface area contributed by atoms with Crippen molar-refractivity contribution in [2.24, 2.45) is 16.8 Å². The van der Waals surface area contributed by atoms with E-state index in [4.69, 9.17) is 10.9 Å². The smallest absolute Gasteiger partial charge is 0.389 e. The van der Waals surface area contributed by atoms with Crippen molar-refractivity contribution in [1.82, 2.24) is 4.90 Å². The molecule has 3 N–H and O–H groups in total. The van der Waals surface area contributed by atoms with E-state index in [9.17, 15) is 13.2 Å². The van der Waals surface area contributed by atoms with Gasteiger partial charge in [-0.05, 0) is 18.9 Å². The lowest BCUT2D eigenvalue weighted by Gasteiger charge is -2.24. The number of hydrogen-bond donors (Lipinski definition) is 2. The number of hydrogen-bond acceptors (Lipinski definition) is 3. The highest BCUT2D eigenvalue weighted by Crippen LogP contribution is 2.21. The highest BCUT2D eigenvalue weighted by Gasteiger charge is 2.26. The zero-order valence-electron chi connectivity index (χ0n) is 10.9. The van der Waals surface area contributed by atoms with Crippen LogP contribution in [0.4, 0.5) is 13.2 Å². The predicted octanol–water partition coefficient (Wildman–Crippen LogP) is 2.42. The molecule has 0 rings (SSSR count). The van der Waals surface area contributed by atoms with Crippen molar-refractivity contribution in [3.05, 3.63) is 0 Å². The molecule has 0 aliphatic heterocycles. The largest absolute Gasteiger partial charge is 0.409 e. The maximum atomic E-state index is 12.0. The summed E-state index contributed by atoms with van der Waals surface area (Å²) in [7, 11) is 0. The van der Waals surface area contributed by atoms with Crippen molar-refractivity contribution in [1.29, 1.82) is 0 Å². The summed E-state index contributed by atoms with van der Waals surface area (Å²) in [5.41, 5.74) is 5.34. The Balaban J connectivity index is 4.07. The molecule has 4 nitrogen and oxygen atoms in total. The second-order valence-corrected chi connectivity index (χ2v) is 4.75. The van der Waals surface area contributed by atoms with Crippen molar-refractivity contribution in [3.8, 4) is 0 Å². The molecule has 0 atom stereocenters. The van der Waals surface area contributed by atoms with Gasteiger partial charge in [-0.3, -0.25) is 0 Å². The lowest BCUT2D eigenvalue weighted by atomic mass is 10.2. The third-order valence-electron chi connectivity index (χ3n) is 2.37. The molecule has 0 heterocycles. The number of rotatable bonds is 8. The molecule has 0 aliphatic carbocycles. The second kappa shape index (κ2) is 8.18. The van der Waals surface area contributed by atoms with Gasteiger partial charge < -0.3 is 15.8 Å². The van der Waals surface area contributed by atoms with E-state index in [1.165, 1.54) is 0 Å². The van der Waals surface area contributed by atoms with E-state index in [1.54, 1.807) is 0 Å². The Bertz CT molecular complexity index is 254. The molecular formula is C11H22F3N3O. The minimum atomic E-state index is -4.10. The fourth-order valence-corrected chi connectivity index (χ4v) is 1.64. The molecule has 0 fully saturated rings. The average molecular weight is 269 g/mol. The van der Waals surface area contributed by atoms with Gasteiger partial charge >= 0.3 is 6.18 Å². The molecule has 108 valence electrons. The van der Waals surface area contributed by atoms with E-state index < -0.39 is 12.6 Å². The Morgan fingerprint density at radius 1 is 1.33 bits per heavy atom. The highest BCUT2D eigenvalue weighted by atomic mass is 19.4. The molecule has 0 saturated carbocycles. The van der Waals surface area contributed by atoms with Crippen molar-refractivity contribution < 1.29 is 18.4 Å². The first-order chi connectivity index (χ1) is 8.24. The number of amidine groups is 1. The summed E-state index contributed by atoms with van der Waals surface area (Å²) in [5.74, 6) is 0.461. The molecule has 0 aromatic heterocycles. The van der Waals surface area contributed by atoms with Gasteiger partial charge in [-0.25, -0.2) is 0 Å². The molecule has 0 spiro atoms. The Hall–Kier alpha value is -0.980. The molecule has 0 unspecified atom stereocenters. The van der Waals surface area contributed by atoms with Crippen LogP contribution in [-0.2, 0) is 0 Å². The summed E-state index contributed by atoms with van der Waals surface area (Å²) in [5, 5.41) is 11.3. The number of oxime groups is 1. The molecular weight excluding hydrogens is 247 g/mol. The third kappa shape index (κ3) is 10.2. The van der Waals surface area contributed by atoms with Gasteiger partial charge in [0.15, 0.2) is 0 Å². The fraction of sp³-hybridized carbons (Fsp3) is 0.909. The van der Waals surface area contributed by atoms with Gasteiger partial charge in [-0.1, -0.05) is 19.0 Å². The van der Waals surface area contributed by atoms with Crippen LogP contribution in [0.2, 0.25) is 0 Å². The van der Waals surface area contributed by atoms with Crippen molar-refractivity contribution in [2.75, 3.05) is 19.6 Å². The molecule has 0 bridgehead atoms. The Labute approximate surface area is 106 Å². The van der Waals surface area contributed by atoms with E-state index in [0.29, 0.717) is 32.0 Å². The maximum absolute atomic E-state index is 12.0. The minimum absolute atomic E-state index is 0.0758. The standard InChI is InChI=1S/C11H22F3N3O/c1-9(2)8-17(7-4-10(15)16-18)6-3-5-11(12,13)14/h9,18H,3-8H2,1-2H3,(H2,15,16). The van der Waals surface area contributed by atoms with Gasteiger partial charge in [0.1, 0.15) is 5.84 Å². The first-order valence-electron chi connectivity index (χ1n) is 6.00. The fourth-order valence-electron chi connectivity index (χ4n) is 1.64. The summed E-state index contributed by atoms with van der Waals surface area (Å²) in [6, 6.07) is 0. The van der Waals surface area contributed by atoms with Gasteiger partial charge in [0.2, 0.25) is 0 Å². The SMILES string of the molecule is CC(C)CN(CCCC(F)(F)F)CCC(N)=NO. The van der Waals surface area contributed by atoms with E-state index in [2.05, 4.69) is 5.16 Å². The van der Waals surface area contributed by atoms with Crippen molar-refractivity contribution in [3.63, 3.8) is 0 Å². The second-order valence-electron chi connectivity index (χ2n) is 4.75. The molecule has 0 aromatic carbocycles. The van der Waals surface area contributed by atoms with Crippen LogP contribution in [0, 0.1) is 5.92 Å². The Kier molecular flexibility index (Phi) is 7.73. The first-order valence-corrected chi connectivity index (χ1v) is 6.00. The normalized spacial score (nSPS) is 13.6. The number of nitrogens with zero attached hydrogens (tertiary/aromatic N) is 2. The Morgan fingerprint density at radius 2 is 1.94 bits per heavy atom. The van der Waals surface area contributed by atoms with Crippen LogP contribution in [0.25, 0.3) is 0 Å². The van der Waals surface area contributed by atoms with Crippen molar-refractivity contribution >= 4 is 5.84 Å². The molecule has 0 aromatic rings. The number of alkyl halides is 3. The number of nitrogens with two attached hydrogens (primary N) is 1. The molecule has 0 aliphatic rings. The summed E-state index contributed by atoms with van der Waals surface area (Å²) in [4.78, 5) is 1.91. The zero-order chi connectivity index (χ0) is 14.2. The maximum Gasteiger partial charge on any atom is 0.389 e. The van der Waals surface area contributed by atoms with Gasteiger partial charge in [0.05, 0.1) is 0 Å². The van der Waals surface area contributed by atoms with Crippen LogP contribution in [0.1, 0.15) is 33.1 Å². The summed E-state index contributed by atoms with van der Waals surface area (Å²) in [6.45, 7) is 5.58. The van der Waals surface area contributed by atoms with Crippen LogP contribution < -0.4 is 5.73 Å². The highest BCUT2D eigenvalue weighted by molar-refractivity contribution is 5.79. The molecule has 7 heteroatoms. The first kappa shape index (κ1) is 17.0. The minimum Gasteiger partial charge on any atom is -0.409 e. The van der Waals surface area contributed by atoms with E-state index in [-0.39, 0.29) is 12.3 Å². The van der Waals surface area contributed by atoms with Crippen LogP contribution in [0.5, 0.6) is 0 Å². The predicted molar refractivity (Wildman–Crippen MR) is 64.6 cm³/mol. The van der Waals surface area contributed by atoms with E-state index >= 15 is 0 Å².